The molecule has 3 nitrogen and oxygen atoms in total. The summed E-state index contributed by atoms with van der Waals surface area (Å²) in [6, 6.07) is 3.30. The molecule has 0 spiro atoms. The number of methoxy groups -OCH3 is 1. The molecule has 0 unspecified atom stereocenters. The van der Waals surface area contributed by atoms with Gasteiger partial charge in [-0.3, -0.25) is 0 Å². The van der Waals surface area contributed by atoms with Crippen LogP contribution >= 0.6 is 0 Å². The van der Waals surface area contributed by atoms with Crippen LogP contribution < -0.4 is 10.6 Å². The predicted molar refractivity (Wildman–Crippen MR) is 51.5 cm³/mol. The molecule has 0 saturated carbocycles. The fourth-order valence-corrected chi connectivity index (χ4v) is 1.38. The third-order valence-corrected chi connectivity index (χ3v) is 1.96. The van der Waals surface area contributed by atoms with Crippen LogP contribution in [-0.2, 0) is 11.3 Å². The van der Waals surface area contributed by atoms with Crippen LogP contribution in [0.3, 0.4) is 0 Å². The quantitative estimate of drug-likeness (QED) is 0.749. The van der Waals surface area contributed by atoms with Crippen LogP contribution in [0.15, 0.2) is 12.1 Å². The fourth-order valence-electron chi connectivity index (χ4n) is 1.38. The summed E-state index contributed by atoms with van der Waals surface area (Å²) in [4.78, 5) is 4.45. The van der Waals surface area contributed by atoms with Gasteiger partial charge in [0.2, 0.25) is 0 Å². The van der Waals surface area contributed by atoms with Gasteiger partial charge in [0.1, 0.15) is 0 Å². The minimum Gasteiger partial charge on any atom is -0.493 e. The standard InChI is InChI=1S/C10H14FNO2/c1-7-5-8(3-4-14-12)10(13-2)9(11)6-7/h5-6H,3-4,12H2,1-2H3. The Kier molecular flexibility index (Phi) is 3.85. The van der Waals surface area contributed by atoms with E-state index in [4.69, 9.17) is 10.6 Å². The van der Waals surface area contributed by atoms with Crippen LogP contribution in [0.2, 0.25) is 0 Å². The van der Waals surface area contributed by atoms with Crippen LogP contribution in [-0.4, -0.2) is 13.7 Å². The Labute approximate surface area is 82.6 Å². The molecular formula is C10H14FNO2. The Morgan fingerprint density at radius 1 is 1.43 bits per heavy atom. The second-order valence-corrected chi connectivity index (χ2v) is 3.06. The molecule has 0 fully saturated rings. The Balaban J connectivity index is 2.99. The lowest BCUT2D eigenvalue weighted by Gasteiger charge is -2.09. The van der Waals surface area contributed by atoms with Crippen molar-refractivity contribution >= 4 is 0 Å². The zero-order chi connectivity index (χ0) is 10.6. The third-order valence-electron chi connectivity index (χ3n) is 1.96. The maximum absolute atomic E-state index is 13.3. The Hall–Kier alpha value is -1.13. The minimum absolute atomic E-state index is 0.271. The number of nitrogens with two attached hydrogens (primary N) is 1. The Morgan fingerprint density at radius 3 is 2.71 bits per heavy atom. The lowest BCUT2D eigenvalue weighted by molar-refractivity contribution is 0.140. The minimum atomic E-state index is -0.348. The lowest BCUT2D eigenvalue weighted by Crippen LogP contribution is -2.06. The summed E-state index contributed by atoms with van der Waals surface area (Å²) in [5.41, 5.74) is 1.63. The lowest BCUT2D eigenvalue weighted by atomic mass is 10.1. The zero-order valence-corrected chi connectivity index (χ0v) is 8.34. The van der Waals surface area contributed by atoms with Gasteiger partial charge in [0, 0.05) is 6.42 Å². The van der Waals surface area contributed by atoms with E-state index in [0.29, 0.717) is 13.0 Å². The number of benzene rings is 1. The van der Waals surface area contributed by atoms with E-state index in [0.717, 1.165) is 11.1 Å². The molecule has 0 amide bonds. The SMILES string of the molecule is COc1c(F)cc(C)cc1CCON. The molecule has 1 aromatic rings. The van der Waals surface area contributed by atoms with Crippen molar-refractivity contribution in [3.05, 3.63) is 29.1 Å². The number of rotatable bonds is 4. The highest BCUT2D eigenvalue weighted by Crippen LogP contribution is 2.24. The smallest absolute Gasteiger partial charge is 0.165 e. The summed E-state index contributed by atoms with van der Waals surface area (Å²) >= 11 is 0. The molecule has 2 N–H and O–H groups in total. The number of aryl methyl sites for hydroxylation is 1. The maximum Gasteiger partial charge on any atom is 0.165 e. The first-order valence-electron chi connectivity index (χ1n) is 4.33. The van der Waals surface area contributed by atoms with Crippen molar-refractivity contribution in [2.75, 3.05) is 13.7 Å². The summed E-state index contributed by atoms with van der Waals surface area (Å²) in [6.07, 6.45) is 0.540. The van der Waals surface area contributed by atoms with Gasteiger partial charge < -0.3 is 9.57 Å². The summed E-state index contributed by atoms with van der Waals surface area (Å²) in [6.45, 7) is 2.18. The molecule has 0 aromatic heterocycles. The molecule has 0 aliphatic heterocycles. The van der Waals surface area contributed by atoms with Gasteiger partial charge in [0.25, 0.3) is 0 Å². The first-order valence-corrected chi connectivity index (χ1v) is 4.33. The monoisotopic (exact) mass is 199 g/mol. The molecule has 0 aliphatic carbocycles. The average Bonchev–Trinajstić information content (AvgIpc) is 2.14. The first-order chi connectivity index (χ1) is 6.69. The van der Waals surface area contributed by atoms with Gasteiger partial charge in [-0.05, 0) is 24.1 Å². The van der Waals surface area contributed by atoms with Crippen LogP contribution in [0, 0.1) is 12.7 Å². The second kappa shape index (κ2) is 4.93. The van der Waals surface area contributed by atoms with E-state index in [1.807, 2.05) is 13.0 Å². The van der Waals surface area contributed by atoms with Gasteiger partial charge in [-0.2, -0.15) is 0 Å². The molecule has 1 aromatic carbocycles. The van der Waals surface area contributed by atoms with E-state index in [1.54, 1.807) is 0 Å². The highest BCUT2D eigenvalue weighted by atomic mass is 19.1. The normalized spacial score (nSPS) is 10.3. The summed E-state index contributed by atoms with van der Waals surface area (Å²) in [7, 11) is 1.44. The molecule has 14 heavy (non-hydrogen) atoms. The van der Waals surface area contributed by atoms with E-state index in [1.165, 1.54) is 13.2 Å². The van der Waals surface area contributed by atoms with E-state index >= 15 is 0 Å². The number of hydrogen-bond acceptors (Lipinski definition) is 3. The van der Waals surface area contributed by atoms with Crippen molar-refractivity contribution in [1.82, 2.24) is 0 Å². The van der Waals surface area contributed by atoms with Crippen LogP contribution in [0.5, 0.6) is 5.75 Å². The molecule has 0 aliphatic rings. The van der Waals surface area contributed by atoms with Gasteiger partial charge in [0.05, 0.1) is 13.7 Å². The van der Waals surface area contributed by atoms with Crippen molar-refractivity contribution in [3.8, 4) is 5.75 Å². The van der Waals surface area contributed by atoms with Crippen molar-refractivity contribution < 1.29 is 14.0 Å². The molecular weight excluding hydrogens is 185 g/mol. The summed E-state index contributed by atoms with van der Waals surface area (Å²) in [5.74, 6) is 4.83. The molecule has 1 rings (SSSR count). The maximum atomic E-state index is 13.3. The molecule has 0 atom stereocenters. The highest BCUT2D eigenvalue weighted by Gasteiger charge is 2.09. The molecule has 78 valence electrons. The van der Waals surface area contributed by atoms with Crippen LogP contribution in [0.4, 0.5) is 4.39 Å². The summed E-state index contributed by atoms with van der Waals surface area (Å²) in [5, 5.41) is 0. The van der Waals surface area contributed by atoms with Gasteiger partial charge in [0.15, 0.2) is 11.6 Å². The van der Waals surface area contributed by atoms with E-state index in [-0.39, 0.29) is 11.6 Å². The molecule has 0 heterocycles. The van der Waals surface area contributed by atoms with Gasteiger partial charge in [-0.25, -0.2) is 10.3 Å². The number of halogens is 1. The number of hydrogen-bond donors (Lipinski definition) is 1. The average molecular weight is 199 g/mol. The molecule has 0 bridgehead atoms. The van der Waals surface area contributed by atoms with E-state index in [9.17, 15) is 4.39 Å². The van der Waals surface area contributed by atoms with E-state index < -0.39 is 0 Å². The van der Waals surface area contributed by atoms with Crippen molar-refractivity contribution in [2.24, 2.45) is 5.90 Å². The van der Waals surface area contributed by atoms with Crippen molar-refractivity contribution in [2.45, 2.75) is 13.3 Å². The van der Waals surface area contributed by atoms with Crippen molar-refractivity contribution in [3.63, 3.8) is 0 Å². The van der Waals surface area contributed by atoms with Gasteiger partial charge >= 0.3 is 0 Å². The largest absolute Gasteiger partial charge is 0.493 e. The highest BCUT2D eigenvalue weighted by molar-refractivity contribution is 5.38. The second-order valence-electron chi connectivity index (χ2n) is 3.06. The van der Waals surface area contributed by atoms with Crippen LogP contribution in [0.25, 0.3) is 0 Å². The molecule has 0 saturated heterocycles. The fraction of sp³-hybridized carbons (Fsp3) is 0.400. The third kappa shape index (κ3) is 2.43. The molecule has 0 radical (unpaired) electrons. The molecule has 4 heteroatoms. The zero-order valence-electron chi connectivity index (χ0n) is 8.34. The topological polar surface area (TPSA) is 44.5 Å². The summed E-state index contributed by atoms with van der Waals surface area (Å²) < 4.78 is 18.3. The Morgan fingerprint density at radius 2 is 2.14 bits per heavy atom. The first kappa shape index (κ1) is 10.9. The van der Waals surface area contributed by atoms with Crippen LogP contribution in [0.1, 0.15) is 11.1 Å². The van der Waals surface area contributed by atoms with Gasteiger partial charge in [-0.15, -0.1) is 0 Å². The van der Waals surface area contributed by atoms with E-state index in [2.05, 4.69) is 4.84 Å². The predicted octanol–water partition coefficient (Wildman–Crippen LogP) is 1.58. The van der Waals surface area contributed by atoms with Crippen molar-refractivity contribution in [1.29, 1.82) is 0 Å². The Bertz CT molecular complexity index is 315. The number of ether oxygens (including phenoxy) is 1. The van der Waals surface area contributed by atoms with Gasteiger partial charge in [-0.1, -0.05) is 6.07 Å².